The molecule has 0 bridgehead atoms. The molecule has 7 aromatic rings. The molecular formula is C40H28BN. The van der Waals surface area contributed by atoms with Crippen LogP contribution in [0.1, 0.15) is 0 Å². The lowest BCUT2D eigenvalue weighted by atomic mass is 9.89. The zero-order valence-electron chi connectivity index (χ0n) is 23.2. The average Bonchev–Trinajstić information content (AvgIpc) is 3.07. The Morgan fingerprint density at radius 2 is 0.786 bits per heavy atom. The Bertz CT molecular complexity index is 1960. The Labute approximate surface area is 248 Å². The first kappa shape index (κ1) is 25.6. The average molecular weight is 533 g/mol. The molecule has 0 N–H and O–H groups in total. The van der Waals surface area contributed by atoms with Crippen LogP contribution in [0.15, 0.2) is 170 Å². The smallest absolute Gasteiger partial charge is 0.114 e. The van der Waals surface area contributed by atoms with Gasteiger partial charge in [-0.15, -0.1) is 0 Å². The highest BCUT2D eigenvalue weighted by Gasteiger charge is 2.17. The van der Waals surface area contributed by atoms with Gasteiger partial charge in [0, 0.05) is 16.8 Å². The van der Waals surface area contributed by atoms with Crippen molar-refractivity contribution in [2.75, 3.05) is 4.90 Å². The van der Waals surface area contributed by atoms with Gasteiger partial charge in [0.2, 0.25) is 0 Å². The van der Waals surface area contributed by atoms with E-state index >= 15 is 0 Å². The fraction of sp³-hybridized carbons (Fsp3) is 0. The molecule has 0 aromatic heterocycles. The zero-order valence-corrected chi connectivity index (χ0v) is 23.2. The minimum Gasteiger partial charge on any atom is -0.310 e. The molecule has 0 spiro atoms. The molecule has 2 heteroatoms. The van der Waals surface area contributed by atoms with E-state index in [9.17, 15) is 0 Å². The van der Waals surface area contributed by atoms with Crippen LogP contribution in [0.25, 0.3) is 44.2 Å². The van der Waals surface area contributed by atoms with Gasteiger partial charge < -0.3 is 4.90 Å². The summed E-state index contributed by atoms with van der Waals surface area (Å²) in [6.45, 7) is 0. The lowest BCUT2D eigenvalue weighted by Gasteiger charge is -2.27. The number of hydrogen-bond acceptors (Lipinski definition) is 1. The van der Waals surface area contributed by atoms with Crippen LogP contribution < -0.4 is 10.4 Å². The SMILES string of the molecule is [B]c1cccc2c(N(c3ccc(-c4ccccc4)cc3)c3ccc(-c4ccccc4-c4ccccc4)cc3)cccc12. The second-order valence-corrected chi connectivity index (χ2v) is 10.4. The molecule has 196 valence electrons. The second-order valence-electron chi connectivity index (χ2n) is 10.4. The summed E-state index contributed by atoms with van der Waals surface area (Å²) in [7, 11) is 6.41. The van der Waals surface area contributed by atoms with Gasteiger partial charge in [0.1, 0.15) is 7.85 Å². The van der Waals surface area contributed by atoms with E-state index in [-0.39, 0.29) is 0 Å². The summed E-state index contributed by atoms with van der Waals surface area (Å²) in [5, 5.41) is 2.16. The summed E-state index contributed by atoms with van der Waals surface area (Å²) < 4.78 is 0. The van der Waals surface area contributed by atoms with Crippen molar-refractivity contribution in [3.63, 3.8) is 0 Å². The molecule has 0 fully saturated rings. The van der Waals surface area contributed by atoms with Crippen LogP contribution in [0.2, 0.25) is 0 Å². The molecule has 7 aromatic carbocycles. The summed E-state index contributed by atoms with van der Waals surface area (Å²) >= 11 is 0. The Morgan fingerprint density at radius 1 is 0.333 bits per heavy atom. The van der Waals surface area contributed by atoms with Crippen LogP contribution in [0.3, 0.4) is 0 Å². The van der Waals surface area contributed by atoms with E-state index in [1.807, 2.05) is 18.2 Å². The highest BCUT2D eigenvalue weighted by molar-refractivity contribution is 6.39. The van der Waals surface area contributed by atoms with Crippen molar-refractivity contribution in [2.45, 2.75) is 0 Å². The van der Waals surface area contributed by atoms with Gasteiger partial charge in [-0.2, -0.15) is 0 Å². The largest absolute Gasteiger partial charge is 0.310 e. The summed E-state index contributed by atoms with van der Waals surface area (Å²) in [6, 6.07) is 59.8. The summed E-state index contributed by atoms with van der Waals surface area (Å²) in [4.78, 5) is 2.32. The van der Waals surface area contributed by atoms with E-state index in [0.29, 0.717) is 0 Å². The van der Waals surface area contributed by atoms with Gasteiger partial charge in [-0.1, -0.05) is 145 Å². The van der Waals surface area contributed by atoms with Crippen LogP contribution in [0.5, 0.6) is 0 Å². The van der Waals surface area contributed by atoms with Crippen molar-refractivity contribution in [1.82, 2.24) is 0 Å². The summed E-state index contributed by atoms with van der Waals surface area (Å²) in [5.41, 5.74) is 11.3. The normalized spacial score (nSPS) is 11.0. The fourth-order valence-corrected chi connectivity index (χ4v) is 5.77. The van der Waals surface area contributed by atoms with Gasteiger partial charge in [-0.05, 0) is 69.1 Å². The zero-order chi connectivity index (χ0) is 28.3. The molecular weight excluding hydrogens is 505 g/mol. The van der Waals surface area contributed by atoms with Gasteiger partial charge in [0.25, 0.3) is 0 Å². The van der Waals surface area contributed by atoms with Crippen LogP contribution >= 0.6 is 0 Å². The molecule has 7 rings (SSSR count). The molecule has 0 unspecified atom stereocenters. The van der Waals surface area contributed by atoms with Gasteiger partial charge in [0.15, 0.2) is 0 Å². The minimum atomic E-state index is 0.779. The van der Waals surface area contributed by atoms with Crippen LogP contribution in [0.4, 0.5) is 17.1 Å². The van der Waals surface area contributed by atoms with E-state index in [1.165, 1.54) is 33.4 Å². The Kier molecular flexibility index (Phi) is 6.88. The number of hydrogen-bond donors (Lipinski definition) is 0. The highest BCUT2D eigenvalue weighted by Crippen LogP contribution is 2.40. The van der Waals surface area contributed by atoms with E-state index in [2.05, 4.69) is 157 Å². The van der Waals surface area contributed by atoms with Crippen molar-refractivity contribution >= 4 is 41.1 Å². The van der Waals surface area contributed by atoms with Gasteiger partial charge >= 0.3 is 0 Å². The standard InChI is InChI=1S/C40H28BN/c41-39-19-9-18-38-37(39)17-10-20-40(38)42(33-25-21-30(22-26-33)29-11-3-1-4-12-29)34-27-23-32(24-28-34)36-16-8-7-15-35(36)31-13-5-2-6-14-31/h1-28H. The number of benzene rings is 7. The molecule has 0 saturated carbocycles. The molecule has 0 amide bonds. The fourth-order valence-electron chi connectivity index (χ4n) is 5.77. The second kappa shape index (κ2) is 11.3. The van der Waals surface area contributed by atoms with Crippen molar-refractivity contribution in [3.05, 3.63) is 170 Å². The van der Waals surface area contributed by atoms with Crippen LogP contribution in [-0.2, 0) is 0 Å². The Morgan fingerprint density at radius 3 is 1.40 bits per heavy atom. The molecule has 0 saturated heterocycles. The monoisotopic (exact) mass is 533 g/mol. The molecule has 0 heterocycles. The van der Waals surface area contributed by atoms with E-state index in [0.717, 1.165) is 33.3 Å². The maximum Gasteiger partial charge on any atom is 0.114 e. The predicted octanol–water partition coefficient (Wildman–Crippen LogP) is 10.1. The van der Waals surface area contributed by atoms with E-state index in [4.69, 9.17) is 7.85 Å². The van der Waals surface area contributed by atoms with Gasteiger partial charge in [-0.25, -0.2) is 0 Å². The first-order valence-corrected chi connectivity index (χ1v) is 14.2. The molecule has 0 atom stereocenters. The van der Waals surface area contributed by atoms with Crippen molar-refractivity contribution in [2.24, 2.45) is 0 Å². The van der Waals surface area contributed by atoms with Crippen molar-refractivity contribution < 1.29 is 0 Å². The topological polar surface area (TPSA) is 3.24 Å². The minimum absolute atomic E-state index is 0.779. The Balaban J connectivity index is 1.34. The van der Waals surface area contributed by atoms with Crippen LogP contribution in [0, 0.1) is 0 Å². The van der Waals surface area contributed by atoms with Crippen LogP contribution in [-0.4, -0.2) is 7.85 Å². The molecule has 42 heavy (non-hydrogen) atoms. The first-order chi connectivity index (χ1) is 20.8. The molecule has 0 aliphatic rings. The first-order valence-electron chi connectivity index (χ1n) is 14.2. The lowest BCUT2D eigenvalue weighted by Crippen LogP contribution is -2.12. The summed E-state index contributed by atoms with van der Waals surface area (Å²) in [5.74, 6) is 0. The number of rotatable bonds is 6. The predicted molar refractivity (Wildman–Crippen MR) is 180 cm³/mol. The molecule has 0 aliphatic heterocycles. The number of fused-ring (bicyclic) bond motifs is 1. The molecule has 2 radical (unpaired) electrons. The summed E-state index contributed by atoms with van der Waals surface area (Å²) in [6.07, 6.45) is 0. The third kappa shape index (κ3) is 4.89. The lowest BCUT2D eigenvalue weighted by molar-refractivity contribution is 1.30. The van der Waals surface area contributed by atoms with E-state index < -0.39 is 0 Å². The van der Waals surface area contributed by atoms with E-state index in [1.54, 1.807) is 0 Å². The Hall–Kier alpha value is -5.34. The third-order valence-electron chi connectivity index (χ3n) is 7.85. The maximum atomic E-state index is 6.41. The quantitative estimate of drug-likeness (QED) is 0.192. The molecule has 1 nitrogen and oxygen atoms in total. The highest BCUT2D eigenvalue weighted by atomic mass is 15.1. The number of anilines is 3. The maximum absolute atomic E-state index is 6.41. The van der Waals surface area contributed by atoms with Gasteiger partial charge in [0.05, 0.1) is 5.69 Å². The van der Waals surface area contributed by atoms with Crippen molar-refractivity contribution in [3.8, 4) is 33.4 Å². The third-order valence-corrected chi connectivity index (χ3v) is 7.85. The van der Waals surface area contributed by atoms with Crippen molar-refractivity contribution in [1.29, 1.82) is 0 Å². The molecule has 0 aliphatic carbocycles. The van der Waals surface area contributed by atoms with Gasteiger partial charge in [-0.3, -0.25) is 0 Å². The number of nitrogens with zero attached hydrogens (tertiary/aromatic N) is 1.